The van der Waals surface area contributed by atoms with Crippen LogP contribution in [0.4, 0.5) is 18.9 Å². The molecule has 9 nitrogen and oxygen atoms in total. The Kier molecular flexibility index (Phi) is 3.29. The summed E-state index contributed by atoms with van der Waals surface area (Å²) in [6, 6.07) is 1.46. The van der Waals surface area contributed by atoms with Crippen LogP contribution in [0.1, 0.15) is 0 Å². The van der Waals surface area contributed by atoms with Gasteiger partial charge in [-0.1, -0.05) is 4.85 Å². The molecule has 2 aliphatic rings. The maximum Gasteiger partial charge on any atom is 0.473 e. The van der Waals surface area contributed by atoms with E-state index < -0.39 is 28.1 Å². The summed E-state index contributed by atoms with van der Waals surface area (Å²) in [5, 5.41) is 22.7. The van der Waals surface area contributed by atoms with Crippen LogP contribution in [-0.4, -0.2) is 37.1 Å². The summed E-state index contributed by atoms with van der Waals surface area (Å²) in [4.78, 5) is 27.1. The second-order valence-corrected chi connectivity index (χ2v) is 3.65. The number of nitro benzene ring substituents is 1. The van der Waals surface area contributed by atoms with Gasteiger partial charge in [0.2, 0.25) is 0 Å². The van der Waals surface area contributed by atoms with Gasteiger partial charge in [-0.25, -0.2) is 9.98 Å². The highest BCUT2D eigenvalue weighted by atomic mass is 19.4. The van der Waals surface area contributed by atoms with Crippen molar-refractivity contribution in [2.75, 3.05) is 0 Å². The smallest absolute Gasteiger partial charge is 0.411 e. The lowest BCUT2D eigenvalue weighted by molar-refractivity contribution is -0.385. The quantitative estimate of drug-likeness (QED) is 0.465. The molecule has 0 spiro atoms. The molecule has 0 saturated heterocycles. The average molecular weight is 303 g/mol. The number of hydrogen-bond donors (Lipinski definition) is 1. The van der Waals surface area contributed by atoms with Crippen molar-refractivity contribution in [1.82, 2.24) is 14.9 Å². The normalized spacial score (nSPS) is 12.6. The Labute approximate surface area is 112 Å². The number of nitro groups is 1. The Hall–Kier alpha value is -3.05. The monoisotopic (exact) mass is 303 g/mol. The molecule has 0 unspecified atom stereocenters. The molecule has 1 heterocycles. The molecular weight excluding hydrogens is 299 g/mol. The van der Waals surface area contributed by atoms with Crippen molar-refractivity contribution in [3.63, 3.8) is 0 Å². The van der Waals surface area contributed by atoms with E-state index in [-0.39, 0.29) is 16.2 Å². The zero-order chi connectivity index (χ0) is 15.8. The van der Waals surface area contributed by atoms with Gasteiger partial charge in [0, 0.05) is 12.1 Å². The maximum atomic E-state index is 12.2. The third-order valence-electron chi connectivity index (χ3n) is 2.29. The molecule has 0 saturated carbocycles. The van der Waals surface area contributed by atoms with Crippen LogP contribution in [0.25, 0.3) is 11.4 Å². The molecule has 110 valence electrons. The van der Waals surface area contributed by atoms with Crippen LogP contribution in [0.3, 0.4) is 0 Å². The fraction of sp³-hybridized carbons (Fsp3) is 0.111. The molecule has 0 bridgehead atoms. The van der Waals surface area contributed by atoms with Gasteiger partial charge in [-0.05, 0) is 0 Å². The van der Waals surface area contributed by atoms with Crippen LogP contribution in [0.15, 0.2) is 23.5 Å². The molecule has 0 radical (unpaired) electrons. The number of nitrogens with zero attached hydrogens (tertiary/aromatic N) is 5. The summed E-state index contributed by atoms with van der Waals surface area (Å²) in [7, 11) is 0. The Bertz CT molecular complexity index is 769. The summed E-state index contributed by atoms with van der Waals surface area (Å²) < 4.78 is 36.6. The molecule has 12 heteroatoms. The van der Waals surface area contributed by atoms with E-state index in [9.17, 15) is 33.3 Å². The van der Waals surface area contributed by atoms with Crippen LogP contribution < -0.4 is 5.36 Å². The largest absolute Gasteiger partial charge is 0.473 e. The maximum absolute atomic E-state index is 12.2. The lowest BCUT2D eigenvalue weighted by atomic mass is 10.2. The Morgan fingerprint density at radius 3 is 2.67 bits per heavy atom. The molecule has 1 amide bonds. The number of aromatic nitrogens is 3. The minimum atomic E-state index is -5.24. The highest BCUT2D eigenvalue weighted by molar-refractivity contribution is 5.83. The number of benzene rings is 1. The molecule has 1 N–H and O–H groups in total. The van der Waals surface area contributed by atoms with Gasteiger partial charge in [-0.3, -0.25) is 14.9 Å². The minimum absolute atomic E-state index is 0.173. The number of carbonyl (C=O) groups excluding carboxylic acids is 1. The SMILES string of the molecule is O=C(N=c1cc([N+](=O)[O-])cc2n(O)ncnc1-2)C(F)(F)F. The predicted octanol–water partition coefficient (Wildman–Crippen LogP) is 0.518. The van der Waals surface area contributed by atoms with Crippen molar-refractivity contribution < 1.29 is 28.1 Å². The van der Waals surface area contributed by atoms with E-state index in [1.807, 2.05) is 0 Å². The zero-order valence-electron chi connectivity index (χ0n) is 9.77. The summed E-state index contributed by atoms with van der Waals surface area (Å²) in [6.07, 6.45) is -4.45. The number of hydrogen-bond acceptors (Lipinski definition) is 6. The second-order valence-electron chi connectivity index (χ2n) is 3.65. The number of alkyl halides is 3. The van der Waals surface area contributed by atoms with E-state index in [0.717, 1.165) is 12.4 Å². The van der Waals surface area contributed by atoms with E-state index in [1.165, 1.54) is 0 Å². The van der Waals surface area contributed by atoms with Gasteiger partial charge in [0.05, 0.1) is 4.92 Å². The molecule has 0 atom stereocenters. The van der Waals surface area contributed by atoms with E-state index >= 15 is 0 Å². The number of non-ortho nitro benzene ring substituents is 1. The van der Waals surface area contributed by atoms with Crippen molar-refractivity contribution in [2.24, 2.45) is 4.99 Å². The number of fused-ring (bicyclic) bond motifs is 1. The number of amides is 1. The van der Waals surface area contributed by atoms with Gasteiger partial charge < -0.3 is 5.21 Å². The van der Waals surface area contributed by atoms with Crippen molar-refractivity contribution in [3.8, 4) is 11.4 Å². The fourth-order valence-corrected chi connectivity index (χ4v) is 1.43. The van der Waals surface area contributed by atoms with E-state index in [4.69, 9.17) is 0 Å². The van der Waals surface area contributed by atoms with Crippen LogP contribution >= 0.6 is 0 Å². The summed E-state index contributed by atoms with van der Waals surface area (Å²) >= 11 is 0. The third kappa shape index (κ3) is 2.77. The van der Waals surface area contributed by atoms with E-state index in [0.29, 0.717) is 6.07 Å². The van der Waals surface area contributed by atoms with E-state index in [1.54, 1.807) is 0 Å². The first kappa shape index (κ1) is 14.4. The van der Waals surface area contributed by atoms with Crippen molar-refractivity contribution in [2.45, 2.75) is 6.18 Å². The average Bonchev–Trinajstić information content (AvgIpc) is 2.38. The first-order valence-corrected chi connectivity index (χ1v) is 5.08. The van der Waals surface area contributed by atoms with Crippen LogP contribution in [0, 0.1) is 10.1 Å². The van der Waals surface area contributed by atoms with Crippen molar-refractivity contribution in [1.29, 1.82) is 0 Å². The Morgan fingerprint density at radius 2 is 2.10 bits per heavy atom. The Balaban J connectivity index is 2.79. The topological polar surface area (TPSA) is 124 Å². The summed E-state index contributed by atoms with van der Waals surface area (Å²) in [6.45, 7) is 0. The molecule has 1 aliphatic carbocycles. The molecule has 0 fully saturated rings. The fourth-order valence-electron chi connectivity index (χ4n) is 1.43. The first-order valence-electron chi connectivity index (χ1n) is 5.08. The van der Waals surface area contributed by atoms with Gasteiger partial charge in [-0.15, -0.1) is 5.10 Å². The van der Waals surface area contributed by atoms with Crippen LogP contribution in [0.2, 0.25) is 0 Å². The molecule has 1 aliphatic heterocycles. The second kappa shape index (κ2) is 4.81. The predicted molar refractivity (Wildman–Crippen MR) is 57.1 cm³/mol. The lowest BCUT2D eigenvalue weighted by Crippen LogP contribution is -2.25. The van der Waals surface area contributed by atoms with E-state index in [2.05, 4.69) is 15.1 Å². The highest BCUT2D eigenvalue weighted by Crippen LogP contribution is 2.20. The Morgan fingerprint density at radius 1 is 1.43 bits per heavy atom. The summed E-state index contributed by atoms with van der Waals surface area (Å²) in [5.74, 6) is -2.45. The zero-order valence-corrected chi connectivity index (χ0v) is 9.77. The van der Waals surface area contributed by atoms with Gasteiger partial charge in [-0.2, -0.15) is 13.2 Å². The molecule has 21 heavy (non-hydrogen) atoms. The molecule has 0 aromatic carbocycles. The number of halogens is 3. The van der Waals surface area contributed by atoms with Crippen molar-refractivity contribution in [3.05, 3.63) is 33.9 Å². The van der Waals surface area contributed by atoms with Gasteiger partial charge in [0.1, 0.15) is 23.1 Å². The minimum Gasteiger partial charge on any atom is -0.411 e. The number of rotatable bonds is 1. The van der Waals surface area contributed by atoms with Crippen LogP contribution in [0.5, 0.6) is 0 Å². The number of carbonyl (C=O) groups is 1. The molecular formula is C9H4F3N5O4. The first-order chi connectivity index (χ1) is 9.70. The van der Waals surface area contributed by atoms with Crippen LogP contribution in [-0.2, 0) is 4.79 Å². The molecule has 2 rings (SSSR count). The third-order valence-corrected chi connectivity index (χ3v) is 2.29. The molecule has 0 aromatic heterocycles. The van der Waals surface area contributed by atoms with Gasteiger partial charge in [0.15, 0.2) is 0 Å². The van der Waals surface area contributed by atoms with Gasteiger partial charge >= 0.3 is 12.1 Å². The lowest BCUT2D eigenvalue weighted by Gasteiger charge is -2.07. The standard InChI is InChI=1S/C9H4F3N5O4/c10-9(11,12)8(18)15-5-1-4(17(20)21)2-6-7(5)13-3-14-16(6)19/h1-3,19H. The van der Waals surface area contributed by atoms with Crippen molar-refractivity contribution >= 4 is 11.6 Å². The highest BCUT2D eigenvalue weighted by Gasteiger charge is 2.38. The molecule has 0 aromatic rings. The van der Waals surface area contributed by atoms with Gasteiger partial charge in [0.25, 0.3) is 5.69 Å². The summed E-state index contributed by atoms with van der Waals surface area (Å²) in [5.41, 5.74) is -1.41.